The number of carboxylic acids is 1. The molecule has 0 radical (unpaired) electrons. The number of piperidine rings is 1. The highest BCUT2D eigenvalue weighted by Gasteiger charge is 2.29. The van der Waals surface area contributed by atoms with E-state index in [9.17, 15) is 19.2 Å². The van der Waals surface area contributed by atoms with E-state index < -0.39 is 11.9 Å². The van der Waals surface area contributed by atoms with Crippen molar-refractivity contribution in [2.75, 3.05) is 26.7 Å². The molecule has 0 aromatic heterocycles. The zero-order valence-corrected chi connectivity index (χ0v) is 14.4. The molecule has 1 saturated heterocycles. The van der Waals surface area contributed by atoms with Crippen LogP contribution in [0.3, 0.4) is 0 Å². The van der Waals surface area contributed by atoms with E-state index in [0.717, 1.165) is 0 Å². The lowest BCUT2D eigenvalue weighted by Gasteiger charge is -2.32. The molecule has 7 heteroatoms. The molecule has 1 aromatic carbocycles. The van der Waals surface area contributed by atoms with Gasteiger partial charge in [0.05, 0.1) is 12.5 Å². The average Bonchev–Trinajstić information content (AvgIpc) is 2.61. The van der Waals surface area contributed by atoms with Gasteiger partial charge in [0, 0.05) is 31.3 Å². The van der Waals surface area contributed by atoms with Crippen LogP contribution in [0.2, 0.25) is 0 Å². The van der Waals surface area contributed by atoms with Gasteiger partial charge in [-0.1, -0.05) is 12.1 Å². The predicted molar refractivity (Wildman–Crippen MR) is 90.3 cm³/mol. The van der Waals surface area contributed by atoms with Crippen molar-refractivity contribution in [2.45, 2.75) is 19.8 Å². The highest BCUT2D eigenvalue weighted by atomic mass is 16.4. The Morgan fingerprint density at radius 3 is 2.32 bits per heavy atom. The van der Waals surface area contributed by atoms with Crippen molar-refractivity contribution in [2.24, 2.45) is 5.92 Å². The van der Waals surface area contributed by atoms with Gasteiger partial charge >= 0.3 is 5.97 Å². The molecule has 1 aliphatic rings. The molecule has 1 aliphatic heterocycles. The molecular weight excluding hydrogens is 324 g/mol. The first kappa shape index (κ1) is 18.6. The van der Waals surface area contributed by atoms with Gasteiger partial charge in [-0.2, -0.15) is 0 Å². The number of aliphatic carboxylic acids is 1. The number of rotatable bonds is 5. The number of amides is 2. The molecule has 0 spiro atoms. The van der Waals surface area contributed by atoms with Crippen LogP contribution in [0.4, 0.5) is 0 Å². The first-order valence-electron chi connectivity index (χ1n) is 8.16. The molecule has 1 fully saturated rings. The average molecular weight is 346 g/mol. The number of likely N-dealkylation sites (N-methyl/N-ethyl adjacent to an activating group) is 1. The fourth-order valence-electron chi connectivity index (χ4n) is 2.85. The summed E-state index contributed by atoms with van der Waals surface area (Å²) in [4.78, 5) is 49.9. The number of carboxylic acid groups (broad SMARTS) is 1. The lowest BCUT2D eigenvalue weighted by molar-refractivity contribution is -0.145. The minimum atomic E-state index is -0.896. The number of benzene rings is 1. The first-order valence-corrected chi connectivity index (χ1v) is 8.16. The quantitative estimate of drug-likeness (QED) is 0.811. The van der Waals surface area contributed by atoms with Crippen molar-refractivity contribution in [3.63, 3.8) is 0 Å². The number of likely N-dealkylation sites (tertiary alicyclic amines) is 1. The van der Waals surface area contributed by atoms with Crippen LogP contribution >= 0.6 is 0 Å². The SMILES string of the molecule is CC(=O)c1ccc(C(=O)N(C)CC(=O)N2CCCC(C(=O)O)C2)cc1. The third-order valence-electron chi connectivity index (χ3n) is 4.38. The Kier molecular flexibility index (Phi) is 5.90. The molecular formula is C18H22N2O5. The van der Waals surface area contributed by atoms with Gasteiger partial charge in [-0.05, 0) is 31.9 Å². The fourth-order valence-corrected chi connectivity index (χ4v) is 2.85. The van der Waals surface area contributed by atoms with Crippen LogP contribution in [0.15, 0.2) is 24.3 Å². The summed E-state index contributed by atoms with van der Waals surface area (Å²) in [7, 11) is 1.53. The smallest absolute Gasteiger partial charge is 0.308 e. The number of hydrogen-bond acceptors (Lipinski definition) is 4. The molecule has 0 saturated carbocycles. The summed E-state index contributed by atoms with van der Waals surface area (Å²) in [5, 5.41) is 9.09. The van der Waals surface area contributed by atoms with Crippen molar-refractivity contribution in [1.29, 1.82) is 0 Å². The lowest BCUT2D eigenvalue weighted by Crippen LogP contribution is -2.46. The molecule has 1 unspecified atom stereocenters. The van der Waals surface area contributed by atoms with Crippen LogP contribution in [0.25, 0.3) is 0 Å². The van der Waals surface area contributed by atoms with Gasteiger partial charge in [0.15, 0.2) is 5.78 Å². The van der Waals surface area contributed by atoms with Crippen LogP contribution in [0, 0.1) is 5.92 Å². The maximum atomic E-state index is 12.4. The van der Waals surface area contributed by atoms with Gasteiger partial charge in [-0.3, -0.25) is 19.2 Å². The number of carbonyl (C=O) groups excluding carboxylic acids is 3. The maximum Gasteiger partial charge on any atom is 0.308 e. The third-order valence-corrected chi connectivity index (χ3v) is 4.38. The van der Waals surface area contributed by atoms with Crippen molar-refractivity contribution >= 4 is 23.6 Å². The van der Waals surface area contributed by atoms with Crippen LogP contribution in [-0.4, -0.2) is 65.2 Å². The Morgan fingerprint density at radius 1 is 1.16 bits per heavy atom. The van der Waals surface area contributed by atoms with Crippen molar-refractivity contribution in [3.8, 4) is 0 Å². The number of nitrogens with zero attached hydrogens (tertiary/aromatic N) is 2. The molecule has 2 amide bonds. The second-order valence-corrected chi connectivity index (χ2v) is 6.31. The van der Waals surface area contributed by atoms with Gasteiger partial charge in [-0.15, -0.1) is 0 Å². The highest BCUT2D eigenvalue weighted by Crippen LogP contribution is 2.17. The zero-order valence-electron chi connectivity index (χ0n) is 14.4. The van der Waals surface area contributed by atoms with E-state index in [4.69, 9.17) is 5.11 Å². The second-order valence-electron chi connectivity index (χ2n) is 6.31. The van der Waals surface area contributed by atoms with Crippen molar-refractivity contribution in [1.82, 2.24) is 9.80 Å². The zero-order chi connectivity index (χ0) is 18.6. The largest absolute Gasteiger partial charge is 0.481 e. The Balaban J connectivity index is 1.97. The van der Waals surface area contributed by atoms with Gasteiger partial charge in [0.2, 0.25) is 5.91 Å². The number of Topliss-reactive ketones (excluding diaryl/α,β-unsaturated/α-hetero) is 1. The second kappa shape index (κ2) is 7.92. The topological polar surface area (TPSA) is 95.0 Å². The molecule has 0 aliphatic carbocycles. The molecule has 1 heterocycles. The van der Waals surface area contributed by atoms with Crippen LogP contribution in [-0.2, 0) is 9.59 Å². The summed E-state index contributed by atoms with van der Waals surface area (Å²) in [5.41, 5.74) is 0.908. The minimum absolute atomic E-state index is 0.0828. The molecule has 7 nitrogen and oxygen atoms in total. The van der Waals surface area contributed by atoms with Gasteiger partial charge in [0.25, 0.3) is 5.91 Å². The summed E-state index contributed by atoms with van der Waals surface area (Å²) in [6.45, 7) is 2.03. The van der Waals surface area contributed by atoms with E-state index in [1.807, 2.05) is 0 Å². The van der Waals surface area contributed by atoms with Gasteiger partial charge in [-0.25, -0.2) is 0 Å². The van der Waals surface area contributed by atoms with E-state index in [0.29, 0.717) is 30.5 Å². The van der Waals surface area contributed by atoms with Crippen LogP contribution < -0.4 is 0 Å². The Morgan fingerprint density at radius 2 is 1.76 bits per heavy atom. The summed E-state index contributed by atoms with van der Waals surface area (Å²) < 4.78 is 0. The first-order chi connectivity index (χ1) is 11.8. The third kappa shape index (κ3) is 4.65. The van der Waals surface area contributed by atoms with E-state index >= 15 is 0 Å². The molecule has 0 bridgehead atoms. The van der Waals surface area contributed by atoms with Crippen molar-refractivity contribution in [3.05, 3.63) is 35.4 Å². The minimum Gasteiger partial charge on any atom is -0.481 e. The normalized spacial score (nSPS) is 17.0. The summed E-state index contributed by atoms with van der Waals surface area (Å²) >= 11 is 0. The monoisotopic (exact) mass is 346 g/mol. The van der Waals surface area contributed by atoms with E-state index in [1.54, 1.807) is 24.3 Å². The van der Waals surface area contributed by atoms with Crippen LogP contribution in [0.5, 0.6) is 0 Å². The number of hydrogen-bond donors (Lipinski definition) is 1. The Bertz CT molecular complexity index is 683. The van der Waals surface area contributed by atoms with Gasteiger partial charge < -0.3 is 14.9 Å². The standard InChI is InChI=1S/C18H22N2O5/c1-12(21)13-5-7-14(8-6-13)17(23)19(2)11-16(22)20-9-3-4-15(10-20)18(24)25/h5-8,15H,3-4,9-11H2,1-2H3,(H,24,25). The lowest BCUT2D eigenvalue weighted by atomic mass is 9.98. The molecule has 1 N–H and O–H groups in total. The molecule has 1 aromatic rings. The number of carbonyl (C=O) groups is 4. The molecule has 25 heavy (non-hydrogen) atoms. The van der Waals surface area contributed by atoms with E-state index in [-0.39, 0.29) is 30.7 Å². The Labute approximate surface area is 146 Å². The Hall–Kier alpha value is -2.70. The maximum absolute atomic E-state index is 12.4. The summed E-state index contributed by atoms with van der Waals surface area (Å²) in [5.74, 6) is -2.11. The summed E-state index contributed by atoms with van der Waals surface area (Å²) in [6.07, 6.45) is 1.21. The molecule has 1 atom stereocenters. The predicted octanol–water partition coefficient (Wildman–Crippen LogP) is 1.28. The number of ketones is 1. The summed E-state index contributed by atoms with van der Waals surface area (Å²) in [6, 6.07) is 6.27. The van der Waals surface area contributed by atoms with Gasteiger partial charge in [0.1, 0.15) is 0 Å². The van der Waals surface area contributed by atoms with E-state index in [1.165, 1.54) is 23.8 Å². The molecule has 134 valence electrons. The fraction of sp³-hybridized carbons (Fsp3) is 0.444. The van der Waals surface area contributed by atoms with E-state index in [2.05, 4.69) is 0 Å². The highest BCUT2D eigenvalue weighted by molar-refractivity contribution is 5.98. The molecule has 2 rings (SSSR count). The van der Waals surface area contributed by atoms with Crippen molar-refractivity contribution < 1.29 is 24.3 Å². The van der Waals surface area contributed by atoms with Crippen LogP contribution in [0.1, 0.15) is 40.5 Å².